The highest BCUT2D eigenvalue weighted by atomic mass is 19.4. The molecular formula is C22H25F3N4O4. The van der Waals surface area contributed by atoms with Crippen molar-refractivity contribution >= 4 is 23.5 Å². The number of alkyl halides is 3. The van der Waals surface area contributed by atoms with Crippen LogP contribution in [0.5, 0.6) is 0 Å². The van der Waals surface area contributed by atoms with E-state index < -0.39 is 12.1 Å². The molecule has 1 atom stereocenters. The molecule has 2 aromatic rings. The number of para-hydroxylation sites is 1. The lowest BCUT2D eigenvalue weighted by Gasteiger charge is -2.46. The first-order valence-electron chi connectivity index (χ1n) is 10.2. The molecule has 1 N–H and O–H groups in total. The lowest BCUT2D eigenvalue weighted by molar-refractivity contribution is -0.192. The van der Waals surface area contributed by atoms with Crippen molar-refractivity contribution in [3.8, 4) is 0 Å². The fourth-order valence-electron chi connectivity index (χ4n) is 4.12. The number of carboxylic acids is 1. The molecule has 178 valence electrons. The molecule has 1 unspecified atom stereocenters. The van der Waals surface area contributed by atoms with Gasteiger partial charge in [-0.3, -0.25) is 14.5 Å². The van der Waals surface area contributed by atoms with E-state index in [1.807, 2.05) is 77.1 Å². The number of anilines is 1. The summed E-state index contributed by atoms with van der Waals surface area (Å²) < 4.78 is 33.6. The van der Waals surface area contributed by atoms with Gasteiger partial charge in [0.15, 0.2) is 0 Å². The third-order valence-electron chi connectivity index (χ3n) is 6.03. The number of likely N-dealkylation sites (tertiary alicyclic amines) is 1. The first-order chi connectivity index (χ1) is 15.4. The van der Waals surface area contributed by atoms with Gasteiger partial charge in [0.25, 0.3) is 5.91 Å². The Labute approximate surface area is 188 Å². The van der Waals surface area contributed by atoms with Crippen molar-refractivity contribution in [3.05, 3.63) is 54.4 Å². The van der Waals surface area contributed by atoms with Gasteiger partial charge < -0.3 is 19.5 Å². The highest BCUT2D eigenvalue weighted by Gasteiger charge is 2.48. The van der Waals surface area contributed by atoms with E-state index in [4.69, 9.17) is 9.90 Å². The van der Waals surface area contributed by atoms with Crippen molar-refractivity contribution in [2.45, 2.75) is 18.1 Å². The van der Waals surface area contributed by atoms with Gasteiger partial charge in [0.05, 0.1) is 12.1 Å². The van der Waals surface area contributed by atoms with Crippen LogP contribution in [0.2, 0.25) is 0 Å². The van der Waals surface area contributed by atoms with E-state index >= 15 is 0 Å². The number of aromatic nitrogens is 1. The van der Waals surface area contributed by atoms with Crippen LogP contribution in [0.1, 0.15) is 16.9 Å². The molecule has 3 heterocycles. The minimum Gasteiger partial charge on any atom is -0.475 e. The smallest absolute Gasteiger partial charge is 0.475 e. The highest BCUT2D eigenvalue weighted by Crippen LogP contribution is 2.34. The Kier molecular flexibility index (Phi) is 6.82. The van der Waals surface area contributed by atoms with Crippen LogP contribution < -0.4 is 4.90 Å². The lowest BCUT2D eigenvalue weighted by Crippen LogP contribution is -2.64. The van der Waals surface area contributed by atoms with Crippen LogP contribution in [0, 0.1) is 0 Å². The number of piperazine rings is 1. The molecular weight excluding hydrogens is 441 g/mol. The Morgan fingerprint density at radius 1 is 1.03 bits per heavy atom. The van der Waals surface area contributed by atoms with Gasteiger partial charge >= 0.3 is 12.1 Å². The number of aryl methyl sites for hydroxylation is 1. The number of benzene rings is 1. The molecule has 2 amide bonds. The number of hydrogen-bond acceptors (Lipinski definition) is 4. The number of aliphatic carboxylic acids is 1. The van der Waals surface area contributed by atoms with Crippen LogP contribution in [-0.2, 0) is 16.6 Å². The van der Waals surface area contributed by atoms with Crippen LogP contribution in [-0.4, -0.2) is 82.2 Å². The molecule has 4 rings (SSSR count). The van der Waals surface area contributed by atoms with E-state index in [-0.39, 0.29) is 17.4 Å². The predicted octanol–water partition coefficient (Wildman–Crippen LogP) is 2.22. The zero-order chi connectivity index (χ0) is 24.4. The summed E-state index contributed by atoms with van der Waals surface area (Å²) in [4.78, 5) is 40.3. The van der Waals surface area contributed by atoms with E-state index in [9.17, 15) is 22.8 Å². The van der Waals surface area contributed by atoms with E-state index in [2.05, 4.69) is 4.90 Å². The zero-order valence-electron chi connectivity index (χ0n) is 18.2. The lowest BCUT2D eigenvalue weighted by atomic mass is 9.92. The first-order valence-corrected chi connectivity index (χ1v) is 10.2. The van der Waals surface area contributed by atoms with Crippen molar-refractivity contribution in [2.75, 3.05) is 38.1 Å². The largest absolute Gasteiger partial charge is 0.490 e. The summed E-state index contributed by atoms with van der Waals surface area (Å²) in [5.41, 5.74) is 1.44. The number of hydrogen-bond donors (Lipinski definition) is 1. The fourth-order valence-corrected chi connectivity index (χ4v) is 4.12. The maximum Gasteiger partial charge on any atom is 0.490 e. The van der Waals surface area contributed by atoms with Crippen LogP contribution in [0.15, 0.2) is 48.7 Å². The van der Waals surface area contributed by atoms with E-state index in [0.717, 1.165) is 12.1 Å². The number of carbonyl (C=O) groups is 3. The zero-order valence-corrected chi connectivity index (χ0v) is 18.2. The van der Waals surface area contributed by atoms with Gasteiger partial charge in [-0.25, -0.2) is 4.79 Å². The van der Waals surface area contributed by atoms with Gasteiger partial charge in [-0.15, -0.1) is 0 Å². The Morgan fingerprint density at radius 2 is 1.67 bits per heavy atom. The molecule has 8 nitrogen and oxygen atoms in total. The van der Waals surface area contributed by atoms with Crippen molar-refractivity contribution in [3.63, 3.8) is 0 Å². The molecule has 2 saturated heterocycles. The average Bonchev–Trinajstić information content (AvgIpc) is 3.38. The normalized spacial score (nSPS) is 21.2. The molecule has 0 aliphatic carbocycles. The Bertz CT molecular complexity index is 1020. The molecule has 1 aromatic heterocycles. The van der Waals surface area contributed by atoms with E-state index in [1.54, 1.807) is 0 Å². The first kappa shape index (κ1) is 24.3. The van der Waals surface area contributed by atoms with Gasteiger partial charge in [0.2, 0.25) is 5.91 Å². The summed E-state index contributed by atoms with van der Waals surface area (Å²) in [6, 6.07) is 13.5. The van der Waals surface area contributed by atoms with E-state index in [0.29, 0.717) is 31.9 Å². The Hall–Kier alpha value is -3.34. The number of halogens is 3. The maximum absolute atomic E-state index is 12.9. The summed E-state index contributed by atoms with van der Waals surface area (Å²) in [6.45, 7) is 2.35. The monoisotopic (exact) mass is 466 g/mol. The van der Waals surface area contributed by atoms with Crippen molar-refractivity contribution < 1.29 is 32.7 Å². The number of likely N-dealkylation sites (N-methyl/N-ethyl adjacent to an activating group) is 1. The van der Waals surface area contributed by atoms with Crippen molar-refractivity contribution in [1.82, 2.24) is 14.4 Å². The Balaban J connectivity index is 0.000000383. The number of carbonyl (C=O) groups excluding carboxylic acids is 2. The highest BCUT2D eigenvalue weighted by molar-refractivity contribution is 5.96. The van der Waals surface area contributed by atoms with Gasteiger partial charge in [0, 0.05) is 38.6 Å². The van der Waals surface area contributed by atoms with Crippen LogP contribution >= 0.6 is 0 Å². The second-order valence-electron chi connectivity index (χ2n) is 8.18. The second-order valence-corrected chi connectivity index (χ2v) is 8.18. The molecule has 1 spiro atoms. The van der Waals surface area contributed by atoms with Gasteiger partial charge in [-0.05, 0) is 37.7 Å². The minimum atomic E-state index is -5.08. The third kappa shape index (κ3) is 5.19. The fraction of sp³-hybridized carbons (Fsp3) is 0.409. The molecule has 1 aromatic carbocycles. The van der Waals surface area contributed by atoms with Crippen LogP contribution in [0.25, 0.3) is 0 Å². The van der Waals surface area contributed by atoms with Gasteiger partial charge in [-0.1, -0.05) is 18.2 Å². The molecule has 2 aliphatic heterocycles. The van der Waals surface area contributed by atoms with Crippen molar-refractivity contribution in [2.24, 2.45) is 7.05 Å². The second kappa shape index (κ2) is 9.26. The number of nitrogens with zero attached hydrogens (tertiary/aromatic N) is 4. The topological polar surface area (TPSA) is 86.1 Å². The summed E-state index contributed by atoms with van der Waals surface area (Å²) in [5.74, 6) is -2.59. The summed E-state index contributed by atoms with van der Waals surface area (Å²) in [5, 5.41) is 7.12. The SMILES string of the molecule is CN1CC(=O)N(c2ccccc2)CC12CCN(C(=O)c1cccn1C)C2.O=C(O)C(F)(F)F. The number of carboxylic acid groups (broad SMARTS) is 1. The molecule has 2 fully saturated rings. The van der Waals surface area contributed by atoms with Crippen LogP contribution in [0.3, 0.4) is 0 Å². The molecule has 33 heavy (non-hydrogen) atoms. The van der Waals surface area contributed by atoms with Gasteiger partial charge in [-0.2, -0.15) is 13.2 Å². The summed E-state index contributed by atoms with van der Waals surface area (Å²) in [6.07, 6.45) is -2.32. The Morgan fingerprint density at radius 3 is 2.21 bits per heavy atom. The maximum atomic E-state index is 12.9. The van der Waals surface area contributed by atoms with Crippen LogP contribution in [0.4, 0.5) is 18.9 Å². The molecule has 2 aliphatic rings. The molecule has 0 bridgehead atoms. The average molecular weight is 466 g/mol. The van der Waals surface area contributed by atoms with Gasteiger partial charge in [0.1, 0.15) is 5.69 Å². The van der Waals surface area contributed by atoms with E-state index in [1.165, 1.54) is 0 Å². The summed E-state index contributed by atoms with van der Waals surface area (Å²) in [7, 11) is 3.89. The minimum absolute atomic E-state index is 0.0611. The molecule has 0 saturated carbocycles. The predicted molar refractivity (Wildman–Crippen MR) is 114 cm³/mol. The standard InChI is InChI=1S/C20H24N4O2.C2HF3O2/c1-21-11-6-9-17(21)19(26)23-12-10-20(14-23)15-24(18(25)13-22(20)2)16-7-4-3-5-8-16;3-2(4,5)1(6)7/h3-9,11H,10,12-15H2,1-2H3;(H,6,7). The molecule has 11 heteroatoms. The number of rotatable bonds is 2. The van der Waals surface area contributed by atoms with Crippen molar-refractivity contribution in [1.29, 1.82) is 0 Å². The third-order valence-corrected chi connectivity index (χ3v) is 6.03. The number of amides is 2. The summed E-state index contributed by atoms with van der Waals surface area (Å²) >= 11 is 0. The quantitative estimate of drug-likeness (QED) is 0.734. The molecule has 0 radical (unpaired) electrons.